The molecule has 0 radical (unpaired) electrons. The summed E-state index contributed by atoms with van der Waals surface area (Å²) in [5.74, 6) is 1.38. The third kappa shape index (κ3) is 5.06. The zero-order chi connectivity index (χ0) is 29.9. The molecule has 4 aliphatic carbocycles. The minimum Gasteiger partial charge on any atom is -0.497 e. The summed E-state index contributed by atoms with van der Waals surface area (Å²) >= 11 is 0. The van der Waals surface area contributed by atoms with Gasteiger partial charge in [-0.15, -0.1) is 0 Å². The molecule has 2 aromatic carbocycles. The van der Waals surface area contributed by atoms with E-state index in [0.29, 0.717) is 48.9 Å². The number of urea groups is 1. The number of hydrogen-bond acceptors (Lipinski definition) is 3. The summed E-state index contributed by atoms with van der Waals surface area (Å²) in [4.78, 5) is 30.9. The zero-order valence-corrected chi connectivity index (χ0v) is 24.7. The first-order valence-corrected chi connectivity index (χ1v) is 15.4. The molecule has 1 saturated heterocycles. The average Bonchev–Trinajstić information content (AvgIpc) is 3.32. The van der Waals surface area contributed by atoms with Gasteiger partial charge < -0.3 is 24.4 Å². The van der Waals surface area contributed by atoms with Crippen molar-refractivity contribution in [3.8, 4) is 22.7 Å². The minimum atomic E-state index is -0.717. The van der Waals surface area contributed by atoms with Gasteiger partial charge in [0.05, 0.1) is 24.1 Å². The van der Waals surface area contributed by atoms with Crippen molar-refractivity contribution in [2.24, 2.45) is 17.8 Å². The van der Waals surface area contributed by atoms with E-state index < -0.39 is 11.6 Å². The molecule has 1 aromatic heterocycles. The number of ether oxygens (including phenoxy) is 1. The van der Waals surface area contributed by atoms with Crippen molar-refractivity contribution >= 4 is 11.9 Å². The number of hydrogen-bond donors (Lipinski definition) is 1. The van der Waals surface area contributed by atoms with Gasteiger partial charge in [-0.3, -0.25) is 4.79 Å². The molecule has 43 heavy (non-hydrogen) atoms. The van der Waals surface area contributed by atoms with Crippen molar-refractivity contribution in [3.05, 3.63) is 71.4 Å². The number of nitrogens with zero attached hydrogens (tertiary/aromatic N) is 3. The van der Waals surface area contributed by atoms with Crippen molar-refractivity contribution in [1.82, 2.24) is 19.7 Å². The van der Waals surface area contributed by atoms with Gasteiger partial charge in [0.15, 0.2) is 0 Å². The molecule has 9 heteroatoms. The van der Waals surface area contributed by atoms with Gasteiger partial charge in [0.2, 0.25) is 0 Å². The van der Waals surface area contributed by atoms with Gasteiger partial charge in [-0.05, 0) is 111 Å². The molecule has 8 rings (SSSR count). The summed E-state index contributed by atoms with van der Waals surface area (Å²) in [6.45, 7) is 3.53. The SMILES string of the molecule is COc1ccc(-c2cc(C(=O)N3CCN(C(=O)NC45CC6CC(CC(C6)C4)C5)CC3)c(C)n2-c2ccc(F)cc2F)cc1. The van der Waals surface area contributed by atoms with Crippen LogP contribution in [0.25, 0.3) is 16.9 Å². The third-order valence-corrected chi connectivity index (χ3v) is 10.3. The van der Waals surface area contributed by atoms with Gasteiger partial charge in [0.25, 0.3) is 5.91 Å². The Balaban J connectivity index is 1.10. The van der Waals surface area contributed by atoms with E-state index in [0.717, 1.165) is 48.6 Å². The Labute approximate surface area is 250 Å². The fraction of sp³-hybridized carbons (Fsp3) is 0.471. The molecule has 1 aliphatic heterocycles. The number of benzene rings is 2. The van der Waals surface area contributed by atoms with Gasteiger partial charge >= 0.3 is 6.03 Å². The number of carbonyl (C=O) groups is 2. The summed E-state index contributed by atoms with van der Waals surface area (Å²) < 4.78 is 35.8. The van der Waals surface area contributed by atoms with Crippen LogP contribution in [0.2, 0.25) is 0 Å². The summed E-state index contributed by atoms with van der Waals surface area (Å²) in [7, 11) is 1.58. The Hall–Kier alpha value is -3.88. The van der Waals surface area contributed by atoms with Crippen LogP contribution in [0, 0.1) is 36.3 Å². The molecule has 226 valence electrons. The average molecular weight is 589 g/mol. The Morgan fingerprint density at radius 2 is 1.47 bits per heavy atom. The van der Waals surface area contributed by atoms with E-state index in [9.17, 15) is 14.0 Å². The maximum absolute atomic E-state index is 15.1. The smallest absolute Gasteiger partial charge is 0.317 e. The van der Waals surface area contributed by atoms with Crippen LogP contribution in [-0.2, 0) is 0 Å². The second-order valence-electron chi connectivity index (χ2n) is 13.1. The molecular weight excluding hydrogens is 550 g/mol. The van der Waals surface area contributed by atoms with E-state index in [1.54, 1.807) is 41.7 Å². The molecule has 4 bridgehead atoms. The number of methoxy groups -OCH3 is 1. The normalized spacial score (nSPS) is 26.1. The van der Waals surface area contributed by atoms with Gasteiger partial charge in [-0.25, -0.2) is 13.6 Å². The predicted molar refractivity (Wildman–Crippen MR) is 159 cm³/mol. The number of carbonyl (C=O) groups excluding carboxylic acids is 2. The van der Waals surface area contributed by atoms with E-state index >= 15 is 4.39 Å². The molecule has 7 nitrogen and oxygen atoms in total. The maximum atomic E-state index is 15.1. The first kappa shape index (κ1) is 27.9. The molecule has 5 fully saturated rings. The predicted octanol–water partition coefficient (Wildman–Crippen LogP) is 6.18. The lowest BCUT2D eigenvalue weighted by Crippen LogP contribution is -2.63. The van der Waals surface area contributed by atoms with Gasteiger partial charge in [0, 0.05) is 43.5 Å². The largest absolute Gasteiger partial charge is 0.497 e. The van der Waals surface area contributed by atoms with Crippen LogP contribution in [0.3, 0.4) is 0 Å². The Bertz CT molecular complexity index is 1520. The highest BCUT2D eigenvalue weighted by Crippen LogP contribution is 2.55. The lowest BCUT2D eigenvalue weighted by molar-refractivity contribution is -0.0164. The highest BCUT2D eigenvalue weighted by molar-refractivity contribution is 5.97. The van der Waals surface area contributed by atoms with E-state index in [2.05, 4.69) is 5.32 Å². The summed E-state index contributed by atoms with van der Waals surface area (Å²) in [6.07, 6.45) is 7.28. The van der Waals surface area contributed by atoms with E-state index in [-0.39, 0.29) is 23.2 Å². The summed E-state index contributed by atoms with van der Waals surface area (Å²) in [6, 6.07) is 12.5. The lowest BCUT2D eigenvalue weighted by atomic mass is 9.53. The maximum Gasteiger partial charge on any atom is 0.317 e. The standard InChI is InChI=1S/C34H38F2N4O3/c1-21-28(17-31(25-3-6-27(43-2)7-4-25)40(21)30-8-5-26(35)16-29(30)36)32(41)38-9-11-39(12-10-38)33(42)37-34-18-22-13-23(19-34)15-24(14-22)20-34/h3-8,16-17,22-24H,9-15,18-20H2,1-2H3,(H,37,42). The van der Waals surface area contributed by atoms with Crippen LogP contribution >= 0.6 is 0 Å². The Kier molecular flexibility index (Phi) is 6.94. The number of halogens is 2. The van der Waals surface area contributed by atoms with Crippen LogP contribution in [0.4, 0.5) is 13.6 Å². The van der Waals surface area contributed by atoms with Crippen molar-refractivity contribution in [2.45, 2.75) is 51.0 Å². The highest BCUT2D eigenvalue weighted by Gasteiger charge is 2.52. The van der Waals surface area contributed by atoms with E-state index in [1.807, 2.05) is 17.0 Å². The second kappa shape index (κ2) is 10.7. The molecule has 5 aliphatic rings. The fourth-order valence-electron chi connectivity index (χ4n) is 8.62. The molecular formula is C34H38F2N4O3. The molecule has 0 atom stereocenters. The molecule has 2 heterocycles. The van der Waals surface area contributed by atoms with E-state index in [1.165, 1.54) is 31.4 Å². The number of rotatable bonds is 5. The number of nitrogens with one attached hydrogen (secondary N) is 1. The van der Waals surface area contributed by atoms with Crippen molar-refractivity contribution < 1.29 is 23.1 Å². The van der Waals surface area contributed by atoms with Crippen molar-refractivity contribution in [3.63, 3.8) is 0 Å². The van der Waals surface area contributed by atoms with Gasteiger partial charge in [-0.1, -0.05) is 0 Å². The number of aromatic nitrogens is 1. The van der Waals surface area contributed by atoms with Gasteiger partial charge in [0.1, 0.15) is 17.4 Å². The zero-order valence-electron chi connectivity index (χ0n) is 24.7. The molecule has 1 N–H and O–H groups in total. The summed E-state index contributed by atoms with van der Waals surface area (Å²) in [5, 5.41) is 3.45. The minimum absolute atomic E-state index is 0.00930. The van der Waals surface area contributed by atoms with E-state index in [4.69, 9.17) is 4.74 Å². The van der Waals surface area contributed by atoms with Gasteiger partial charge in [-0.2, -0.15) is 0 Å². The topological polar surface area (TPSA) is 66.8 Å². The van der Waals surface area contributed by atoms with Crippen LogP contribution in [-0.4, -0.2) is 65.1 Å². The molecule has 4 saturated carbocycles. The first-order chi connectivity index (χ1) is 20.7. The fourth-order valence-corrected chi connectivity index (χ4v) is 8.62. The Morgan fingerprint density at radius 3 is 2.05 bits per heavy atom. The molecule has 3 amide bonds. The van der Waals surface area contributed by atoms with Crippen LogP contribution in [0.5, 0.6) is 5.75 Å². The number of amides is 3. The molecule has 3 aromatic rings. The quantitative estimate of drug-likeness (QED) is 0.388. The molecule has 0 unspecified atom stereocenters. The summed E-state index contributed by atoms with van der Waals surface area (Å²) in [5.41, 5.74) is 2.49. The van der Waals surface area contributed by atoms with Crippen molar-refractivity contribution in [1.29, 1.82) is 0 Å². The highest BCUT2D eigenvalue weighted by atomic mass is 19.1. The van der Waals surface area contributed by atoms with Crippen LogP contribution < -0.4 is 10.1 Å². The second-order valence-corrected chi connectivity index (χ2v) is 13.1. The van der Waals surface area contributed by atoms with Crippen LogP contribution in [0.1, 0.15) is 54.6 Å². The van der Waals surface area contributed by atoms with Crippen LogP contribution in [0.15, 0.2) is 48.5 Å². The lowest BCUT2D eigenvalue weighted by Gasteiger charge is -2.57. The first-order valence-electron chi connectivity index (χ1n) is 15.4. The monoisotopic (exact) mass is 588 g/mol. The van der Waals surface area contributed by atoms with Crippen molar-refractivity contribution in [2.75, 3.05) is 33.3 Å². The number of piperazine rings is 1. The molecule has 0 spiro atoms. The third-order valence-electron chi connectivity index (χ3n) is 10.3. The Morgan fingerprint density at radius 1 is 0.860 bits per heavy atom.